The number of fused-ring (bicyclic) bond motifs is 1. The zero-order valence-corrected chi connectivity index (χ0v) is 15.7. The number of aliphatic imine (C=N–C) groups is 2. The summed E-state index contributed by atoms with van der Waals surface area (Å²) in [7, 11) is 1.27. The largest absolute Gasteiger partial charge is 0.465 e. The Hall–Kier alpha value is -2.24. The van der Waals surface area contributed by atoms with E-state index in [1.54, 1.807) is 24.6 Å². The highest BCUT2D eigenvalue weighted by Crippen LogP contribution is 2.30. The molecule has 11 heteroatoms. The van der Waals surface area contributed by atoms with Gasteiger partial charge in [0.15, 0.2) is 5.71 Å². The van der Waals surface area contributed by atoms with Crippen molar-refractivity contribution in [3.05, 3.63) is 28.9 Å². The van der Waals surface area contributed by atoms with Crippen molar-refractivity contribution in [1.82, 2.24) is 4.98 Å². The quantitative estimate of drug-likeness (QED) is 0.615. The lowest BCUT2D eigenvalue weighted by molar-refractivity contribution is -0.0566. The van der Waals surface area contributed by atoms with Crippen molar-refractivity contribution in [1.29, 1.82) is 0 Å². The van der Waals surface area contributed by atoms with E-state index in [0.717, 1.165) is 4.70 Å². The number of methoxy groups -OCH3 is 1. The molecule has 2 aromatic rings. The van der Waals surface area contributed by atoms with Crippen LogP contribution in [-0.2, 0) is 4.74 Å². The number of esters is 1. The van der Waals surface area contributed by atoms with Gasteiger partial charge in [-0.3, -0.25) is 4.98 Å². The Bertz CT molecular complexity index is 997. The van der Waals surface area contributed by atoms with E-state index in [-0.39, 0.29) is 5.84 Å². The van der Waals surface area contributed by atoms with Gasteiger partial charge in [0.25, 0.3) is 0 Å². The van der Waals surface area contributed by atoms with E-state index in [1.807, 2.05) is 0 Å². The van der Waals surface area contributed by atoms with Crippen LogP contribution in [0, 0.1) is 0 Å². The van der Waals surface area contributed by atoms with Crippen LogP contribution >= 0.6 is 23.6 Å². The number of thiophene rings is 1. The molecule has 0 bridgehead atoms. The fourth-order valence-electron chi connectivity index (χ4n) is 2.54. The zero-order valence-electron chi connectivity index (χ0n) is 14.1. The van der Waals surface area contributed by atoms with E-state index in [0.29, 0.717) is 16.6 Å². The number of halogens is 3. The van der Waals surface area contributed by atoms with Gasteiger partial charge in [-0.05, 0) is 13.0 Å². The minimum Gasteiger partial charge on any atom is -0.465 e. The van der Waals surface area contributed by atoms with E-state index >= 15 is 0 Å². The summed E-state index contributed by atoms with van der Waals surface area (Å²) in [5, 5.41) is 2.24. The monoisotopic (exact) mass is 414 g/mol. The molecule has 0 aromatic carbocycles. The summed E-state index contributed by atoms with van der Waals surface area (Å²) >= 11 is 6.03. The van der Waals surface area contributed by atoms with Gasteiger partial charge in [0.2, 0.25) is 0 Å². The molecule has 0 radical (unpaired) electrons. The van der Waals surface area contributed by atoms with Gasteiger partial charge in [0.05, 0.1) is 33.8 Å². The van der Waals surface area contributed by atoms with Crippen molar-refractivity contribution in [2.45, 2.75) is 25.2 Å². The van der Waals surface area contributed by atoms with Gasteiger partial charge in [-0.1, -0.05) is 12.2 Å². The predicted octanol–water partition coefficient (Wildman–Crippen LogP) is 3.26. The number of aromatic nitrogens is 1. The summed E-state index contributed by atoms with van der Waals surface area (Å²) in [6.45, 7) is 1.61. The highest BCUT2D eigenvalue weighted by Gasteiger charge is 2.42. The van der Waals surface area contributed by atoms with Crippen molar-refractivity contribution in [3.8, 4) is 0 Å². The molecule has 0 saturated carbocycles. The van der Waals surface area contributed by atoms with E-state index < -0.39 is 34.8 Å². The SMILES string of the molecule is COC(=O)c1csc2cnc(C(C)C3=NC(N)C(=S)C(C(F)(F)F)=N3)cc12. The average Bonchev–Trinajstić information content (AvgIpc) is 3.04. The minimum absolute atomic E-state index is 0.120. The normalized spacial score (nSPS) is 18.9. The zero-order chi connectivity index (χ0) is 19.9. The predicted molar refractivity (Wildman–Crippen MR) is 101 cm³/mol. The van der Waals surface area contributed by atoms with Crippen LogP contribution in [0.4, 0.5) is 13.2 Å². The van der Waals surface area contributed by atoms with E-state index in [9.17, 15) is 18.0 Å². The number of ether oxygens (including phenoxy) is 1. The van der Waals surface area contributed by atoms with Gasteiger partial charge >= 0.3 is 12.1 Å². The van der Waals surface area contributed by atoms with Crippen molar-refractivity contribution in [2.75, 3.05) is 7.11 Å². The number of amidine groups is 1. The number of alkyl halides is 3. The third kappa shape index (κ3) is 3.62. The van der Waals surface area contributed by atoms with Crippen LogP contribution in [0.5, 0.6) is 0 Å². The second-order valence-corrected chi connectivity index (χ2v) is 7.07. The fraction of sp³-hybridized carbons (Fsp3) is 0.312. The number of nitrogens with two attached hydrogens (primary N) is 1. The van der Waals surface area contributed by atoms with Crippen LogP contribution in [-0.4, -0.2) is 46.8 Å². The van der Waals surface area contributed by atoms with Crippen LogP contribution in [0.15, 0.2) is 27.6 Å². The third-order valence-electron chi connectivity index (χ3n) is 3.99. The second-order valence-electron chi connectivity index (χ2n) is 5.72. The Morgan fingerprint density at radius 1 is 1.44 bits per heavy atom. The van der Waals surface area contributed by atoms with E-state index in [4.69, 9.17) is 22.7 Å². The summed E-state index contributed by atoms with van der Waals surface area (Å²) in [5.74, 6) is -1.32. The summed E-state index contributed by atoms with van der Waals surface area (Å²) in [4.78, 5) is 23.2. The van der Waals surface area contributed by atoms with Crippen molar-refractivity contribution >= 4 is 56.0 Å². The Morgan fingerprint density at radius 3 is 2.78 bits per heavy atom. The molecule has 3 heterocycles. The van der Waals surface area contributed by atoms with Gasteiger partial charge in [-0.2, -0.15) is 13.2 Å². The molecule has 6 nitrogen and oxygen atoms in total. The first kappa shape index (κ1) is 19.5. The third-order valence-corrected chi connectivity index (χ3v) is 5.35. The maximum absolute atomic E-state index is 13.2. The van der Waals surface area contributed by atoms with Crippen LogP contribution in [0.3, 0.4) is 0 Å². The number of thiocarbonyl (C=S) groups is 1. The van der Waals surface area contributed by atoms with Crippen molar-refractivity contribution in [2.24, 2.45) is 15.7 Å². The molecule has 0 fully saturated rings. The van der Waals surface area contributed by atoms with Crippen LogP contribution < -0.4 is 5.73 Å². The molecule has 0 amide bonds. The number of rotatable bonds is 3. The van der Waals surface area contributed by atoms with Crippen molar-refractivity contribution < 1.29 is 22.7 Å². The highest BCUT2D eigenvalue weighted by atomic mass is 32.1. The molecule has 2 atom stereocenters. The molecular formula is C16H13F3N4O2S2. The van der Waals surface area contributed by atoms with Crippen molar-refractivity contribution in [3.63, 3.8) is 0 Å². The van der Waals surface area contributed by atoms with Crippen LogP contribution in [0.2, 0.25) is 0 Å². The molecule has 2 aromatic heterocycles. The molecular weight excluding hydrogens is 401 g/mol. The number of carbonyl (C=O) groups is 1. The Kier molecular flexibility index (Phi) is 5.10. The smallest absolute Gasteiger partial charge is 0.434 e. The molecule has 1 aliphatic heterocycles. The topological polar surface area (TPSA) is 89.9 Å². The molecule has 0 aliphatic carbocycles. The second kappa shape index (κ2) is 7.06. The lowest BCUT2D eigenvalue weighted by atomic mass is 10.0. The summed E-state index contributed by atoms with van der Waals surface area (Å²) in [6, 6.07) is 1.62. The van der Waals surface area contributed by atoms with Gasteiger partial charge in [0, 0.05) is 17.0 Å². The fourth-order valence-corrected chi connectivity index (χ4v) is 3.63. The molecule has 27 heavy (non-hydrogen) atoms. The summed E-state index contributed by atoms with van der Waals surface area (Å²) < 4.78 is 45.0. The molecule has 1 aliphatic rings. The van der Waals surface area contributed by atoms with Crippen LogP contribution in [0.25, 0.3) is 10.1 Å². The molecule has 3 rings (SSSR count). The Balaban J connectivity index is 2.04. The van der Waals surface area contributed by atoms with Gasteiger partial charge < -0.3 is 10.5 Å². The number of hydrogen-bond acceptors (Lipinski definition) is 8. The summed E-state index contributed by atoms with van der Waals surface area (Å²) in [5.41, 5.74) is 5.18. The lowest BCUT2D eigenvalue weighted by Gasteiger charge is -2.22. The number of nitrogens with zero attached hydrogens (tertiary/aromatic N) is 3. The van der Waals surface area contributed by atoms with Crippen LogP contribution in [0.1, 0.15) is 28.9 Å². The maximum Gasteiger partial charge on any atom is 0.434 e. The van der Waals surface area contributed by atoms with E-state index in [1.165, 1.54) is 18.4 Å². The first-order chi connectivity index (χ1) is 12.6. The number of pyridine rings is 1. The molecule has 142 valence electrons. The molecule has 0 saturated heterocycles. The van der Waals surface area contributed by atoms with E-state index in [2.05, 4.69) is 15.0 Å². The van der Waals surface area contributed by atoms with Gasteiger partial charge in [-0.25, -0.2) is 14.8 Å². The first-order valence-electron chi connectivity index (χ1n) is 7.62. The molecule has 0 spiro atoms. The Morgan fingerprint density at radius 2 is 2.15 bits per heavy atom. The number of carbonyl (C=O) groups excluding carboxylic acids is 1. The standard InChI is InChI=1S/C16H13F3N4O2S2/c1-6(14-22-12(16(17,18)19)11(26)13(20)23-14)9-3-7-8(15(24)25-2)5-27-10(7)4-21-9/h3-6,13H,20H2,1-2H3. The maximum atomic E-state index is 13.2. The lowest BCUT2D eigenvalue weighted by Crippen LogP contribution is -2.44. The van der Waals surface area contributed by atoms with Gasteiger partial charge in [0.1, 0.15) is 12.0 Å². The van der Waals surface area contributed by atoms with Gasteiger partial charge in [-0.15, -0.1) is 11.3 Å². The minimum atomic E-state index is -4.72. The molecule has 2 unspecified atom stereocenters. The summed E-state index contributed by atoms with van der Waals surface area (Å²) in [6.07, 6.45) is -4.49. The first-order valence-corrected chi connectivity index (χ1v) is 8.91. The molecule has 2 N–H and O–H groups in total. The highest BCUT2D eigenvalue weighted by molar-refractivity contribution is 7.82. The Labute approximate surface area is 161 Å². The number of hydrogen-bond donors (Lipinski definition) is 1. The average molecular weight is 414 g/mol.